The minimum Gasteiger partial charge on any atom is -0.396 e. The van der Waals surface area contributed by atoms with Gasteiger partial charge in [-0.25, -0.2) is 8.42 Å². The van der Waals surface area contributed by atoms with Gasteiger partial charge in [0.2, 0.25) is 0 Å². The van der Waals surface area contributed by atoms with Crippen molar-refractivity contribution in [3.63, 3.8) is 0 Å². The van der Waals surface area contributed by atoms with E-state index in [1.807, 2.05) is 6.07 Å². The molecule has 21 heavy (non-hydrogen) atoms. The normalized spacial score (nSPS) is 11.6. The Balaban J connectivity index is 2.25. The Kier molecular flexibility index (Phi) is 4.64. The first-order valence-corrected chi connectivity index (χ1v) is 8.08. The van der Waals surface area contributed by atoms with E-state index in [1.54, 1.807) is 32.0 Å². The Labute approximate surface area is 123 Å². The third-order valence-corrected chi connectivity index (χ3v) is 4.66. The van der Waals surface area contributed by atoms with Crippen molar-refractivity contribution in [1.82, 2.24) is 5.16 Å². The molecule has 0 amide bonds. The first-order chi connectivity index (χ1) is 9.94. The van der Waals surface area contributed by atoms with E-state index < -0.39 is 10.0 Å². The highest BCUT2D eigenvalue weighted by Gasteiger charge is 2.24. The van der Waals surface area contributed by atoms with Crippen LogP contribution < -0.4 is 4.72 Å². The van der Waals surface area contributed by atoms with E-state index in [0.29, 0.717) is 24.2 Å². The maximum absolute atomic E-state index is 12.4. The van der Waals surface area contributed by atoms with Crippen molar-refractivity contribution >= 4 is 15.7 Å². The zero-order chi connectivity index (χ0) is 15.5. The van der Waals surface area contributed by atoms with Gasteiger partial charge in [-0.3, -0.25) is 4.72 Å². The topological polar surface area (TPSA) is 92.4 Å². The van der Waals surface area contributed by atoms with Crippen LogP contribution in [-0.2, 0) is 16.4 Å². The Morgan fingerprint density at radius 1 is 1.33 bits per heavy atom. The molecule has 0 aliphatic carbocycles. The molecule has 0 spiro atoms. The van der Waals surface area contributed by atoms with Crippen LogP contribution in [0.5, 0.6) is 0 Å². The molecule has 7 heteroatoms. The van der Waals surface area contributed by atoms with E-state index in [0.717, 1.165) is 5.56 Å². The van der Waals surface area contributed by atoms with Gasteiger partial charge in [0.15, 0.2) is 10.7 Å². The number of benzene rings is 1. The van der Waals surface area contributed by atoms with Crippen LogP contribution in [0.3, 0.4) is 0 Å². The lowest BCUT2D eigenvalue weighted by molar-refractivity contribution is 0.288. The first-order valence-electron chi connectivity index (χ1n) is 6.59. The summed E-state index contributed by atoms with van der Waals surface area (Å²) < 4.78 is 32.2. The van der Waals surface area contributed by atoms with Crippen molar-refractivity contribution in [2.45, 2.75) is 31.6 Å². The number of aliphatic hydroxyl groups excluding tert-OH is 1. The fourth-order valence-electron chi connectivity index (χ4n) is 2.14. The summed E-state index contributed by atoms with van der Waals surface area (Å²) in [6.45, 7) is 3.25. The molecule has 0 aliphatic rings. The Morgan fingerprint density at radius 2 is 2.10 bits per heavy atom. The molecule has 1 aromatic carbocycles. The molecular formula is C14H18N2O4S. The van der Waals surface area contributed by atoms with Gasteiger partial charge in [0.25, 0.3) is 10.0 Å². The largest absolute Gasteiger partial charge is 0.396 e. The number of nitrogens with zero attached hydrogens (tertiary/aromatic N) is 1. The van der Waals surface area contributed by atoms with Crippen molar-refractivity contribution in [3.8, 4) is 0 Å². The Hall–Kier alpha value is -1.86. The second-order valence-corrected chi connectivity index (χ2v) is 6.41. The van der Waals surface area contributed by atoms with Gasteiger partial charge in [0.1, 0.15) is 5.69 Å². The number of nitrogens with one attached hydrogen (secondary N) is 1. The van der Waals surface area contributed by atoms with Crippen molar-refractivity contribution in [1.29, 1.82) is 0 Å². The summed E-state index contributed by atoms with van der Waals surface area (Å²) in [7, 11) is -3.72. The zero-order valence-electron chi connectivity index (χ0n) is 12.0. The molecule has 6 nitrogen and oxygen atoms in total. The monoisotopic (exact) mass is 310 g/mol. The van der Waals surface area contributed by atoms with E-state index in [2.05, 4.69) is 9.88 Å². The van der Waals surface area contributed by atoms with Gasteiger partial charge in [-0.05, 0) is 44.4 Å². The van der Waals surface area contributed by atoms with Crippen LogP contribution >= 0.6 is 0 Å². The van der Waals surface area contributed by atoms with Gasteiger partial charge in [-0.15, -0.1) is 0 Å². The highest BCUT2D eigenvalue weighted by molar-refractivity contribution is 7.92. The maximum atomic E-state index is 12.4. The van der Waals surface area contributed by atoms with E-state index >= 15 is 0 Å². The predicted molar refractivity (Wildman–Crippen MR) is 78.6 cm³/mol. The minimum absolute atomic E-state index is 0.0725. The zero-order valence-corrected chi connectivity index (χ0v) is 12.8. The van der Waals surface area contributed by atoms with Gasteiger partial charge < -0.3 is 9.63 Å². The SMILES string of the molecule is Cc1noc(C)c1S(=O)(=O)Nc1cccc(CCCO)c1. The molecule has 0 atom stereocenters. The van der Waals surface area contributed by atoms with Crippen LogP contribution in [0.1, 0.15) is 23.4 Å². The smallest absolute Gasteiger partial charge is 0.267 e. The van der Waals surface area contributed by atoms with E-state index in [1.165, 1.54) is 0 Å². The van der Waals surface area contributed by atoms with Crippen molar-refractivity contribution in [3.05, 3.63) is 41.3 Å². The molecule has 0 aliphatic heterocycles. The molecule has 0 fully saturated rings. The van der Waals surface area contributed by atoms with Gasteiger partial charge >= 0.3 is 0 Å². The third-order valence-electron chi connectivity index (χ3n) is 3.04. The Morgan fingerprint density at radius 3 is 2.71 bits per heavy atom. The average molecular weight is 310 g/mol. The number of hydrogen-bond donors (Lipinski definition) is 2. The molecule has 0 unspecified atom stereocenters. The number of sulfonamides is 1. The molecule has 2 N–H and O–H groups in total. The lowest BCUT2D eigenvalue weighted by Gasteiger charge is -2.09. The molecule has 0 radical (unpaired) electrons. The fraction of sp³-hybridized carbons (Fsp3) is 0.357. The highest BCUT2D eigenvalue weighted by atomic mass is 32.2. The number of anilines is 1. The molecule has 114 valence electrons. The minimum atomic E-state index is -3.72. The van der Waals surface area contributed by atoms with Crippen LogP contribution in [0.4, 0.5) is 5.69 Å². The third kappa shape index (κ3) is 3.62. The van der Waals surface area contributed by atoms with Crippen LogP contribution in [0.25, 0.3) is 0 Å². The van der Waals surface area contributed by atoms with Crippen LogP contribution in [0.15, 0.2) is 33.7 Å². The van der Waals surface area contributed by atoms with Gasteiger partial charge in [-0.2, -0.15) is 0 Å². The average Bonchev–Trinajstić information content (AvgIpc) is 2.76. The maximum Gasteiger partial charge on any atom is 0.267 e. The van der Waals surface area contributed by atoms with Crippen molar-refractivity contribution in [2.24, 2.45) is 0 Å². The summed E-state index contributed by atoms with van der Waals surface area (Å²) in [5.41, 5.74) is 1.77. The molecule has 0 saturated carbocycles. The van der Waals surface area contributed by atoms with Gasteiger partial charge in [0, 0.05) is 12.3 Å². The first kappa shape index (κ1) is 15.5. The molecule has 1 aromatic heterocycles. The fourth-order valence-corrected chi connectivity index (χ4v) is 3.52. The predicted octanol–water partition coefficient (Wildman–Crippen LogP) is 2.02. The number of aryl methyl sites for hydroxylation is 3. The summed E-state index contributed by atoms with van der Waals surface area (Å²) in [5.74, 6) is 0.261. The quantitative estimate of drug-likeness (QED) is 0.851. The highest BCUT2D eigenvalue weighted by Crippen LogP contribution is 2.23. The molecule has 2 aromatic rings. The Bertz CT molecular complexity index is 703. The number of hydrogen-bond acceptors (Lipinski definition) is 5. The van der Waals surface area contributed by atoms with E-state index in [9.17, 15) is 8.42 Å². The standard InChI is InChI=1S/C14H18N2O4S/c1-10-14(11(2)20-15-10)21(18,19)16-13-7-3-5-12(9-13)6-4-8-17/h3,5,7,9,16-17H,4,6,8H2,1-2H3. The van der Waals surface area contributed by atoms with E-state index in [-0.39, 0.29) is 17.3 Å². The van der Waals surface area contributed by atoms with Gasteiger partial charge in [0.05, 0.1) is 0 Å². The molecule has 0 bridgehead atoms. The molecule has 1 heterocycles. The molecule has 2 rings (SSSR count). The van der Waals surface area contributed by atoms with Crippen LogP contribution in [0, 0.1) is 13.8 Å². The molecule has 0 saturated heterocycles. The van der Waals surface area contributed by atoms with Crippen molar-refractivity contribution < 1.29 is 18.0 Å². The van der Waals surface area contributed by atoms with Gasteiger partial charge in [-0.1, -0.05) is 17.3 Å². The number of aliphatic hydroxyl groups is 1. The second kappa shape index (κ2) is 6.28. The van der Waals surface area contributed by atoms with Crippen LogP contribution in [0.2, 0.25) is 0 Å². The van der Waals surface area contributed by atoms with Crippen LogP contribution in [-0.4, -0.2) is 25.3 Å². The summed E-state index contributed by atoms with van der Waals surface area (Å²) in [5, 5.41) is 12.5. The lowest BCUT2D eigenvalue weighted by atomic mass is 10.1. The number of rotatable bonds is 6. The molecular weight excluding hydrogens is 292 g/mol. The second-order valence-electron chi connectivity index (χ2n) is 4.79. The van der Waals surface area contributed by atoms with E-state index in [4.69, 9.17) is 9.63 Å². The number of aromatic nitrogens is 1. The summed E-state index contributed by atoms with van der Waals surface area (Å²) in [6.07, 6.45) is 1.33. The van der Waals surface area contributed by atoms with Crippen molar-refractivity contribution in [2.75, 3.05) is 11.3 Å². The lowest BCUT2D eigenvalue weighted by Crippen LogP contribution is -2.14. The summed E-state index contributed by atoms with van der Waals surface area (Å²) in [4.78, 5) is 0.0725. The summed E-state index contributed by atoms with van der Waals surface area (Å²) >= 11 is 0. The summed E-state index contributed by atoms with van der Waals surface area (Å²) in [6, 6.07) is 7.10.